The topological polar surface area (TPSA) is 119 Å². The van der Waals surface area contributed by atoms with Crippen molar-refractivity contribution in [3.05, 3.63) is 29.0 Å². The average molecular weight is 428 g/mol. The van der Waals surface area contributed by atoms with Crippen molar-refractivity contribution in [3.8, 4) is 10.6 Å². The van der Waals surface area contributed by atoms with Crippen molar-refractivity contribution in [2.75, 3.05) is 23.7 Å². The number of thiol groups is 1. The molecular weight excluding hydrogens is 411 g/mol. The summed E-state index contributed by atoms with van der Waals surface area (Å²) in [6.07, 6.45) is -0.907. The summed E-state index contributed by atoms with van der Waals surface area (Å²) in [5.74, 6) is -0.862. The molecule has 1 aromatic carbocycles. The molecule has 1 aliphatic rings. The molecule has 1 atom stereocenters. The van der Waals surface area contributed by atoms with Gasteiger partial charge in [-0.25, -0.2) is 17.6 Å². The minimum Gasteiger partial charge on any atom is -0.442 e. The summed E-state index contributed by atoms with van der Waals surface area (Å²) < 4.78 is 41.1. The molecular formula is C16H17FN4O5S2. The Morgan fingerprint density at radius 2 is 2.21 bits per heavy atom. The zero-order valence-electron chi connectivity index (χ0n) is 14.8. The highest BCUT2D eigenvalue weighted by Crippen LogP contribution is 2.30. The molecule has 0 radical (unpaired) electrons. The largest absolute Gasteiger partial charge is 0.442 e. The molecule has 12 heteroatoms. The second kappa shape index (κ2) is 8.61. The van der Waals surface area contributed by atoms with Gasteiger partial charge in [0.2, 0.25) is 5.91 Å². The molecule has 0 aliphatic carbocycles. The second-order valence-electron chi connectivity index (χ2n) is 6.02. The van der Waals surface area contributed by atoms with Crippen LogP contribution in [-0.2, 0) is 26.7 Å². The molecule has 1 aromatic heterocycles. The first-order chi connectivity index (χ1) is 13.3. The number of carbonyl (C=O) groups excluding carboxylic acids is 2. The zero-order valence-corrected chi connectivity index (χ0v) is 16.5. The van der Waals surface area contributed by atoms with E-state index in [1.165, 1.54) is 24.0 Å². The smallest absolute Gasteiger partial charge is 0.414 e. The van der Waals surface area contributed by atoms with Crippen molar-refractivity contribution in [3.63, 3.8) is 0 Å². The minimum atomic E-state index is -2.51. The molecule has 150 valence electrons. The highest BCUT2D eigenvalue weighted by Gasteiger charge is 2.32. The van der Waals surface area contributed by atoms with Crippen molar-refractivity contribution in [2.45, 2.75) is 19.4 Å². The lowest BCUT2D eigenvalue weighted by molar-refractivity contribution is -0.119. The lowest BCUT2D eigenvalue weighted by Crippen LogP contribution is -2.33. The molecule has 1 fully saturated rings. The summed E-state index contributed by atoms with van der Waals surface area (Å²) in [6.45, 7) is 1.73. The maximum absolute atomic E-state index is 14.6. The van der Waals surface area contributed by atoms with Gasteiger partial charge in [-0.15, -0.1) is 10.2 Å². The molecule has 1 saturated heterocycles. The van der Waals surface area contributed by atoms with E-state index in [1.807, 2.05) is 0 Å². The van der Waals surface area contributed by atoms with Gasteiger partial charge >= 0.3 is 6.09 Å². The number of cyclic esters (lactones) is 1. The van der Waals surface area contributed by atoms with E-state index in [0.717, 1.165) is 11.3 Å². The van der Waals surface area contributed by atoms with Gasteiger partial charge in [0, 0.05) is 18.9 Å². The van der Waals surface area contributed by atoms with Crippen molar-refractivity contribution in [1.82, 2.24) is 15.5 Å². The molecule has 2 aromatic rings. The van der Waals surface area contributed by atoms with Crippen molar-refractivity contribution < 1.29 is 27.1 Å². The van der Waals surface area contributed by atoms with Gasteiger partial charge in [0.25, 0.3) is 0 Å². The number of hydrogen-bond donors (Lipinski definition) is 2. The molecule has 3 rings (SSSR count). The standard InChI is InChI=1S/C16H17FN4O5S2/c1-9(22)18-7-11-8-21(16(23)26-11)10-2-3-12(13(17)6-10)15-20-19-14(27-15)4-5-28(24)25/h2-3,6,11,28H,4-5,7-8H2,1H3,(H,18,22). The Morgan fingerprint density at radius 3 is 2.89 bits per heavy atom. The number of nitrogens with zero attached hydrogens (tertiary/aromatic N) is 3. The Balaban J connectivity index is 1.72. The summed E-state index contributed by atoms with van der Waals surface area (Å²) in [5.41, 5.74) is 0.533. The van der Waals surface area contributed by atoms with Crippen LogP contribution in [0.3, 0.4) is 0 Å². The average Bonchev–Trinajstić information content (AvgIpc) is 3.24. The molecule has 1 unspecified atom stereocenters. The van der Waals surface area contributed by atoms with Crippen LogP contribution in [0.4, 0.5) is 14.9 Å². The van der Waals surface area contributed by atoms with Gasteiger partial charge in [0.1, 0.15) is 27.6 Å². The first-order valence-corrected chi connectivity index (χ1v) is 10.5. The number of rotatable bonds is 7. The van der Waals surface area contributed by atoms with E-state index in [4.69, 9.17) is 4.74 Å². The van der Waals surface area contributed by atoms with Crippen LogP contribution in [0, 0.1) is 5.82 Å². The molecule has 28 heavy (non-hydrogen) atoms. The highest BCUT2D eigenvalue weighted by atomic mass is 32.2. The fraction of sp³-hybridized carbons (Fsp3) is 0.375. The van der Waals surface area contributed by atoms with Gasteiger partial charge in [-0.1, -0.05) is 11.3 Å². The number of halogens is 1. The highest BCUT2D eigenvalue weighted by molar-refractivity contribution is 7.72. The van der Waals surface area contributed by atoms with Crippen LogP contribution in [0.25, 0.3) is 10.6 Å². The Hall–Kier alpha value is -2.60. The number of aromatic nitrogens is 2. The molecule has 2 heterocycles. The SMILES string of the molecule is CC(=O)NCC1CN(c2ccc(-c3nnc(CC[SH](=O)=O)s3)c(F)c2)C(=O)O1. The van der Waals surface area contributed by atoms with Gasteiger partial charge < -0.3 is 10.1 Å². The molecule has 1 aliphatic heterocycles. The third kappa shape index (κ3) is 4.81. The number of hydrogen-bond acceptors (Lipinski definition) is 8. The maximum Gasteiger partial charge on any atom is 0.414 e. The van der Waals surface area contributed by atoms with E-state index in [0.29, 0.717) is 15.7 Å². The third-order valence-electron chi connectivity index (χ3n) is 3.92. The van der Waals surface area contributed by atoms with Gasteiger partial charge in [-0.05, 0) is 18.2 Å². The van der Waals surface area contributed by atoms with Crippen LogP contribution in [0.15, 0.2) is 18.2 Å². The summed E-state index contributed by atoms with van der Waals surface area (Å²) in [5, 5.41) is 11.2. The quantitative estimate of drug-likeness (QED) is 0.631. The van der Waals surface area contributed by atoms with E-state index in [2.05, 4.69) is 15.5 Å². The molecule has 2 amide bonds. The number of ether oxygens (including phenoxy) is 1. The number of anilines is 1. The Labute approximate surface area is 165 Å². The summed E-state index contributed by atoms with van der Waals surface area (Å²) in [7, 11) is -2.51. The van der Waals surface area contributed by atoms with E-state index in [9.17, 15) is 22.4 Å². The number of aryl methyl sites for hydroxylation is 1. The minimum absolute atomic E-state index is 0.0396. The normalized spacial score (nSPS) is 16.5. The van der Waals surface area contributed by atoms with Gasteiger partial charge in [0.15, 0.2) is 5.01 Å². The van der Waals surface area contributed by atoms with Gasteiger partial charge in [-0.2, -0.15) is 0 Å². The summed E-state index contributed by atoms with van der Waals surface area (Å²) >= 11 is 1.12. The predicted octanol–water partition coefficient (Wildman–Crippen LogP) is 0.959. The van der Waals surface area contributed by atoms with E-state index >= 15 is 0 Å². The monoisotopic (exact) mass is 428 g/mol. The summed E-state index contributed by atoms with van der Waals surface area (Å²) in [6, 6.07) is 4.25. The van der Waals surface area contributed by atoms with Crippen LogP contribution in [0.1, 0.15) is 11.9 Å². The number of amides is 2. The van der Waals surface area contributed by atoms with E-state index < -0.39 is 28.7 Å². The molecule has 0 bridgehead atoms. The van der Waals surface area contributed by atoms with Crippen molar-refractivity contribution in [1.29, 1.82) is 0 Å². The number of carbonyl (C=O) groups is 2. The first kappa shape index (κ1) is 20.1. The fourth-order valence-corrected chi connectivity index (χ4v) is 4.00. The van der Waals surface area contributed by atoms with Crippen LogP contribution < -0.4 is 10.2 Å². The Morgan fingerprint density at radius 1 is 1.43 bits per heavy atom. The number of nitrogens with one attached hydrogen (secondary N) is 1. The third-order valence-corrected chi connectivity index (χ3v) is 5.53. The molecule has 0 saturated carbocycles. The lowest BCUT2D eigenvalue weighted by atomic mass is 10.2. The maximum atomic E-state index is 14.6. The number of benzene rings is 1. The molecule has 1 N–H and O–H groups in total. The lowest BCUT2D eigenvalue weighted by Gasteiger charge is -2.14. The van der Waals surface area contributed by atoms with Crippen LogP contribution >= 0.6 is 11.3 Å². The summed E-state index contributed by atoms with van der Waals surface area (Å²) in [4.78, 5) is 24.3. The van der Waals surface area contributed by atoms with Crippen LogP contribution in [0.2, 0.25) is 0 Å². The van der Waals surface area contributed by atoms with Crippen LogP contribution in [-0.4, -0.2) is 55.6 Å². The van der Waals surface area contributed by atoms with Gasteiger partial charge in [-0.3, -0.25) is 9.69 Å². The Bertz CT molecular complexity index is 970. The van der Waals surface area contributed by atoms with E-state index in [1.54, 1.807) is 6.07 Å². The second-order valence-corrected chi connectivity index (χ2v) is 8.20. The predicted molar refractivity (Wildman–Crippen MR) is 100 cm³/mol. The molecule has 9 nitrogen and oxygen atoms in total. The molecule has 0 spiro atoms. The van der Waals surface area contributed by atoms with Crippen molar-refractivity contribution in [2.24, 2.45) is 0 Å². The Kier molecular flexibility index (Phi) is 6.19. The van der Waals surface area contributed by atoms with Crippen LogP contribution in [0.5, 0.6) is 0 Å². The van der Waals surface area contributed by atoms with E-state index in [-0.39, 0.29) is 36.7 Å². The first-order valence-electron chi connectivity index (χ1n) is 8.30. The van der Waals surface area contributed by atoms with Gasteiger partial charge in [0.05, 0.1) is 24.5 Å². The zero-order chi connectivity index (χ0) is 20.3. The van der Waals surface area contributed by atoms with Crippen molar-refractivity contribution >= 4 is 39.7 Å². The fourth-order valence-electron chi connectivity index (χ4n) is 2.59.